The fourth-order valence-electron chi connectivity index (χ4n) is 0.926. The van der Waals surface area contributed by atoms with Crippen LogP contribution in [0.25, 0.3) is 0 Å². The van der Waals surface area contributed by atoms with Crippen molar-refractivity contribution in [2.75, 3.05) is 31.8 Å². The second kappa shape index (κ2) is 9.44. The van der Waals surface area contributed by atoms with Crippen molar-refractivity contribution in [1.82, 2.24) is 5.32 Å². The summed E-state index contributed by atoms with van der Waals surface area (Å²) >= 11 is 1.65. The smallest absolute Gasteiger partial charge is 0.243 e. The van der Waals surface area contributed by atoms with Gasteiger partial charge in [-0.3, -0.25) is 9.59 Å². The Morgan fingerprint density at radius 3 is 2.75 bits per heavy atom. The van der Waals surface area contributed by atoms with Gasteiger partial charge in [0, 0.05) is 6.54 Å². The first-order valence-corrected chi connectivity index (χ1v) is 6.35. The zero-order chi connectivity index (χ0) is 12.4. The van der Waals surface area contributed by atoms with E-state index in [0.29, 0.717) is 13.0 Å². The maximum Gasteiger partial charge on any atom is 0.243 e. The molecule has 16 heavy (non-hydrogen) atoms. The molecule has 0 saturated carbocycles. The number of rotatable bonds is 9. The summed E-state index contributed by atoms with van der Waals surface area (Å²) in [5, 5.41) is 2.61. The maximum absolute atomic E-state index is 11.4. The molecule has 7 heteroatoms. The van der Waals surface area contributed by atoms with Crippen LogP contribution in [-0.4, -0.2) is 49.6 Å². The van der Waals surface area contributed by atoms with Crippen LogP contribution >= 0.6 is 11.8 Å². The normalized spacial score (nSPS) is 12.1. The molecule has 0 saturated heterocycles. The number of amides is 2. The molecule has 0 aromatic rings. The fraction of sp³-hybridized carbons (Fsp3) is 0.778. The molecule has 0 aromatic heterocycles. The quantitative estimate of drug-likeness (QED) is 0.440. The fourth-order valence-corrected chi connectivity index (χ4v) is 1.42. The first-order valence-electron chi connectivity index (χ1n) is 4.96. The highest BCUT2D eigenvalue weighted by molar-refractivity contribution is 7.98. The van der Waals surface area contributed by atoms with Crippen LogP contribution in [-0.2, 0) is 14.3 Å². The molecule has 0 aliphatic heterocycles. The lowest BCUT2D eigenvalue weighted by Crippen LogP contribution is -2.42. The zero-order valence-electron chi connectivity index (χ0n) is 9.40. The summed E-state index contributed by atoms with van der Waals surface area (Å²) in [5.41, 5.74) is 10.5. The first-order chi connectivity index (χ1) is 7.57. The Kier molecular flexibility index (Phi) is 8.97. The van der Waals surface area contributed by atoms with Crippen LogP contribution in [0.15, 0.2) is 0 Å². The third-order valence-electron chi connectivity index (χ3n) is 1.76. The highest BCUT2D eigenvalue weighted by Gasteiger charge is 2.11. The van der Waals surface area contributed by atoms with Crippen molar-refractivity contribution in [3.8, 4) is 0 Å². The highest BCUT2D eigenvalue weighted by Crippen LogP contribution is 1.98. The van der Waals surface area contributed by atoms with Gasteiger partial charge in [0.2, 0.25) is 11.8 Å². The molecule has 0 radical (unpaired) electrons. The predicted octanol–water partition coefficient (Wildman–Crippen LogP) is -1.32. The molecule has 0 bridgehead atoms. The van der Waals surface area contributed by atoms with Gasteiger partial charge < -0.3 is 21.5 Å². The molecule has 0 spiro atoms. The summed E-state index contributed by atoms with van der Waals surface area (Å²) in [6.07, 6.45) is 2.61. The Morgan fingerprint density at radius 2 is 2.19 bits per heavy atom. The van der Waals surface area contributed by atoms with Crippen LogP contribution in [0.2, 0.25) is 0 Å². The molecular weight excluding hydrogens is 230 g/mol. The largest absolute Gasteiger partial charge is 0.370 e. The number of carbonyl (C=O) groups is 2. The van der Waals surface area contributed by atoms with Crippen LogP contribution in [0.1, 0.15) is 6.42 Å². The molecule has 0 aliphatic rings. The zero-order valence-corrected chi connectivity index (χ0v) is 10.2. The average Bonchev–Trinajstić information content (AvgIpc) is 2.24. The first kappa shape index (κ1) is 15.2. The van der Waals surface area contributed by atoms with E-state index in [1.54, 1.807) is 11.8 Å². The van der Waals surface area contributed by atoms with Crippen molar-refractivity contribution < 1.29 is 14.3 Å². The second-order valence-electron chi connectivity index (χ2n) is 3.20. The second-order valence-corrected chi connectivity index (χ2v) is 4.18. The number of hydrogen-bond acceptors (Lipinski definition) is 5. The van der Waals surface area contributed by atoms with E-state index in [2.05, 4.69) is 5.32 Å². The van der Waals surface area contributed by atoms with Gasteiger partial charge in [-0.2, -0.15) is 11.8 Å². The lowest BCUT2D eigenvalue weighted by atomic mass is 10.2. The lowest BCUT2D eigenvalue weighted by molar-refractivity contribution is -0.123. The summed E-state index contributed by atoms with van der Waals surface area (Å²) in [6, 6.07) is -0.483. The number of hydrogen-bond donors (Lipinski definition) is 3. The number of nitrogens with two attached hydrogens (primary N) is 2. The van der Waals surface area contributed by atoms with Gasteiger partial charge in [-0.05, 0) is 18.4 Å². The standard InChI is InChI=1S/C9H19N3O3S/c1-16-5-2-7(10)9(14)12-3-4-15-6-8(11)13/h7H,2-6,10H2,1H3,(H2,11,13)(H,12,14)/t7-/m0/s1. The molecule has 0 aliphatic carbocycles. The monoisotopic (exact) mass is 249 g/mol. The molecule has 0 heterocycles. The van der Waals surface area contributed by atoms with Gasteiger partial charge >= 0.3 is 0 Å². The van der Waals surface area contributed by atoms with E-state index in [4.69, 9.17) is 16.2 Å². The summed E-state index contributed by atoms with van der Waals surface area (Å²) in [5.74, 6) is 0.131. The molecule has 0 rings (SSSR count). The molecule has 1 atom stereocenters. The van der Waals surface area contributed by atoms with E-state index >= 15 is 0 Å². The molecule has 0 unspecified atom stereocenters. The average molecular weight is 249 g/mol. The van der Waals surface area contributed by atoms with Crippen LogP contribution in [0.4, 0.5) is 0 Å². The predicted molar refractivity (Wildman–Crippen MR) is 64.0 cm³/mol. The minimum atomic E-state index is -0.525. The molecular formula is C9H19N3O3S. The SMILES string of the molecule is CSCC[C@H](N)C(=O)NCCOCC(N)=O. The van der Waals surface area contributed by atoms with Gasteiger partial charge in [-0.15, -0.1) is 0 Å². The minimum absolute atomic E-state index is 0.131. The number of nitrogens with one attached hydrogen (secondary N) is 1. The third kappa shape index (κ3) is 8.51. The maximum atomic E-state index is 11.4. The molecule has 6 nitrogen and oxygen atoms in total. The van der Waals surface area contributed by atoms with Crippen LogP contribution in [0.5, 0.6) is 0 Å². The van der Waals surface area contributed by atoms with E-state index in [1.165, 1.54) is 0 Å². The number of carbonyl (C=O) groups excluding carboxylic acids is 2. The van der Waals surface area contributed by atoms with Crippen molar-refractivity contribution in [2.45, 2.75) is 12.5 Å². The molecule has 0 fully saturated rings. The van der Waals surface area contributed by atoms with Crippen molar-refractivity contribution in [1.29, 1.82) is 0 Å². The Morgan fingerprint density at radius 1 is 1.50 bits per heavy atom. The highest BCUT2D eigenvalue weighted by atomic mass is 32.2. The molecule has 2 amide bonds. The summed E-state index contributed by atoms with van der Waals surface area (Å²) in [6.45, 7) is 0.456. The summed E-state index contributed by atoms with van der Waals surface area (Å²) in [7, 11) is 0. The Balaban J connectivity index is 3.45. The van der Waals surface area contributed by atoms with Crippen molar-refractivity contribution >= 4 is 23.6 Å². The minimum Gasteiger partial charge on any atom is -0.370 e. The number of thioether (sulfide) groups is 1. The van der Waals surface area contributed by atoms with Gasteiger partial charge in [0.25, 0.3) is 0 Å². The lowest BCUT2D eigenvalue weighted by Gasteiger charge is -2.11. The number of ether oxygens (including phenoxy) is 1. The summed E-state index contributed by atoms with van der Waals surface area (Å²) < 4.78 is 4.87. The van der Waals surface area contributed by atoms with Gasteiger partial charge in [0.05, 0.1) is 12.6 Å². The summed E-state index contributed by atoms with van der Waals surface area (Å²) in [4.78, 5) is 21.7. The van der Waals surface area contributed by atoms with Crippen LogP contribution in [0, 0.1) is 0 Å². The van der Waals surface area contributed by atoms with Crippen molar-refractivity contribution in [3.05, 3.63) is 0 Å². The van der Waals surface area contributed by atoms with Crippen LogP contribution in [0.3, 0.4) is 0 Å². The Labute approximate surface area is 99.4 Å². The molecule has 94 valence electrons. The van der Waals surface area contributed by atoms with Gasteiger partial charge in [0.15, 0.2) is 0 Å². The number of primary amides is 1. The van der Waals surface area contributed by atoms with Gasteiger partial charge in [-0.25, -0.2) is 0 Å². The van der Waals surface area contributed by atoms with Gasteiger partial charge in [0.1, 0.15) is 6.61 Å². The van der Waals surface area contributed by atoms with Crippen molar-refractivity contribution in [2.24, 2.45) is 11.5 Å². The van der Waals surface area contributed by atoms with E-state index in [1.807, 2.05) is 6.26 Å². The Hall–Kier alpha value is -0.790. The van der Waals surface area contributed by atoms with E-state index < -0.39 is 11.9 Å². The van der Waals surface area contributed by atoms with E-state index in [0.717, 1.165) is 5.75 Å². The molecule has 0 aromatic carbocycles. The van der Waals surface area contributed by atoms with E-state index in [-0.39, 0.29) is 19.1 Å². The topological polar surface area (TPSA) is 107 Å². The van der Waals surface area contributed by atoms with E-state index in [9.17, 15) is 9.59 Å². The van der Waals surface area contributed by atoms with Crippen LogP contribution < -0.4 is 16.8 Å². The molecule has 5 N–H and O–H groups in total. The third-order valence-corrected chi connectivity index (χ3v) is 2.40. The Bertz CT molecular complexity index is 226. The van der Waals surface area contributed by atoms with Crippen molar-refractivity contribution in [3.63, 3.8) is 0 Å². The van der Waals surface area contributed by atoms with Gasteiger partial charge in [-0.1, -0.05) is 0 Å².